The van der Waals surface area contributed by atoms with Crippen molar-refractivity contribution >= 4 is 17.9 Å². The molecule has 12 heavy (non-hydrogen) atoms. The Bertz CT molecular complexity index is 263. The molecule has 0 aliphatic carbocycles. The number of hydrogen-bond acceptors (Lipinski definition) is 3. The smallest absolute Gasteiger partial charge is 0.355 e. The maximum Gasteiger partial charge on any atom is 0.355 e. The van der Waals surface area contributed by atoms with Crippen molar-refractivity contribution < 1.29 is 9.26 Å². The van der Waals surface area contributed by atoms with Gasteiger partial charge in [-0.2, -0.15) is 0 Å². The summed E-state index contributed by atoms with van der Waals surface area (Å²) in [4.78, 5) is 11.2. The Kier molecular flexibility index (Phi) is 3.28. The Morgan fingerprint density at radius 1 is 1.42 bits per heavy atom. The number of nitrogens with one attached hydrogen (secondary N) is 1. The molecule has 3 nitrogen and oxygen atoms in total. The molecule has 1 N–H and O–H groups in total. The molecule has 0 spiro atoms. The van der Waals surface area contributed by atoms with Crippen LogP contribution in [0, 0.1) is 5.21 Å². The van der Waals surface area contributed by atoms with Gasteiger partial charge in [0.2, 0.25) is 0 Å². The van der Waals surface area contributed by atoms with E-state index < -0.39 is 10.4 Å². The van der Waals surface area contributed by atoms with Gasteiger partial charge in [-0.05, 0) is 12.1 Å². The molecule has 0 aliphatic rings. The van der Waals surface area contributed by atoms with E-state index in [4.69, 9.17) is 0 Å². The fourth-order valence-corrected chi connectivity index (χ4v) is 1.10. The Morgan fingerprint density at radius 3 is 2.50 bits per heavy atom. The molecule has 0 heterocycles. The summed E-state index contributed by atoms with van der Waals surface area (Å²) >= 11 is 0.939. The first-order valence-electron chi connectivity index (χ1n) is 3.43. The maximum absolute atomic E-state index is 11.2. The topological polar surface area (TPSA) is 44.6 Å². The fourth-order valence-electron chi connectivity index (χ4n) is 0.800. The lowest BCUT2D eigenvalue weighted by molar-refractivity contribution is -0.591. The van der Waals surface area contributed by atoms with Gasteiger partial charge >= 0.3 is 5.91 Å². The zero-order valence-electron chi connectivity index (χ0n) is 6.61. The Balaban J connectivity index is 2.79. The number of quaternary nitrogens is 1. The third-order valence-electron chi connectivity index (χ3n) is 1.41. The van der Waals surface area contributed by atoms with Gasteiger partial charge in [0.1, 0.15) is 0 Å². The van der Waals surface area contributed by atoms with Crippen LogP contribution in [-0.4, -0.2) is 12.2 Å². The van der Waals surface area contributed by atoms with Gasteiger partial charge in [-0.25, -0.2) is 9.26 Å². The van der Waals surface area contributed by atoms with E-state index in [0.29, 0.717) is 5.56 Å². The summed E-state index contributed by atoms with van der Waals surface area (Å²) in [7, 11) is 0. The molecular formula is C8H9NO2S. The second-order valence-electron chi connectivity index (χ2n) is 2.19. The lowest BCUT2D eigenvalue weighted by Crippen LogP contribution is -3.03. The Morgan fingerprint density at radius 2 is 2.00 bits per heavy atom. The lowest BCUT2D eigenvalue weighted by Gasteiger charge is -2.13. The van der Waals surface area contributed by atoms with Crippen molar-refractivity contribution in [1.29, 1.82) is 0 Å². The standard InChI is InChI=1S/C8H9NO2S/c1-12-9(11)8(10)7-5-3-2-4-6-7/h2-6,9H,1H3. The molecule has 0 fully saturated rings. The van der Waals surface area contributed by atoms with Crippen LogP contribution in [-0.2, 0) is 0 Å². The first-order chi connectivity index (χ1) is 5.75. The number of rotatable bonds is 2. The highest BCUT2D eigenvalue weighted by Gasteiger charge is 2.12. The number of benzene rings is 1. The number of hydroxylamine groups is 1. The molecule has 0 bridgehead atoms. The van der Waals surface area contributed by atoms with Gasteiger partial charge in [0.25, 0.3) is 0 Å². The van der Waals surface area contributed by atoms with Crippen LogP contribution < -0.4 is 4.47 Å². The van der Waals surface area contributed by atoms with Crippen molar-refractivity contribution in [3.8, 4) is 0 Å². The van der Waals surface area contributed by atoms with Gasteiger partial charge in [-0.15, -0.1) is 0 Å². The highest BCUT2D eigenvalue weighted by atomic mass is 32.2. The zero-order chi connectivity index (χ0) is 8.97. The van der Waals surface area contributed by atoms with Crippen molar-refractivity contribution in [3.63, 3.8) is 0 Å². The van der Waals surface area contributed by atoms with E-state index in [1.165, 1.54) is 0 Å². The number of amides is 1. The quantitative estimate of drug-likeness (QED) is 0.536. The molecule has 1 atom stereocenters. The predicted octanol–water partition coefficient (Wildman–Crippen LogP) is 0.487. The first-order valence-corrected chi connectivity index (χ1v) is 4.66. The normalized spacial score (nSPS) is 12.5. The van der Waals surface area contributed by atoms with Crippen LogP contribution in [0.25, 0.3) is 0 Å². The fraction of sp³-hybridized carbons (Fsp3) is 0.125. The van der Waals surface area contributed by atoms with Crippen LogP contribution >= 0.6 is 11.9 Å². The molecule has 1 unspecified atom stereocenters. The van der Waals surface area contributed by atoms with E-state index in [1.54, 1.807) is 36.6 Å². The summed E-state index contributed by atoms with van der Waals surface area (Å²) in [6.07, 6.45) is 1.60. The summed E-state index contributed by atoms with van der Waals surface area (Å²) in [5, 5.41) is 10.9. The minimum atomic E-state index is -0.428. The molecule has 0 saturated carbocycles. The number of hydrogen-bond donors (Lipinski definition) is 1. The van der Waals surface area contributed by atoms with Gasteiger partial charge in [0.15, 0.2) is 0 Å². The van der Waals surface area contributed by atoms with Gasteiger partial charge < -0.3 is 5.21 Å². The van der Waals surface area contributed by atoms with Gasteiger partial charge in [-0.3, -0.25) is 0 Å². The lowest BCUT2D eigenvalue weighted by atomic mass is 10.2. The molecule has 1 aromatic carbocycles. The number of carbonyl (C=O) groups excluding carboxylic acids is 1. The molecule has 1 rings (SSSR count). The van der Waals surface area contributed by atoms with Gasteiger partial charge in [0, 0.05) is 6.26 Å². The van der Waals surface area contributed by atoms with Crippen molar-refractivity contribution in [2.24, 2.45) is 0 Å². The second kappa shape index (κ2) is 4.25. The molecule has 0 radical (unpaired) electrons. The van der Waals surface area contributed by atoms with Crippen molar-refractivity contribution in [3.05, 3.63) is 41.1 Å². The van der Waals surface area contributed by atoms with E-state index in [-0.39, 0.29) is 0 Å². The molecular weight excluding hydrogens is 174 g/mol. The van der Waals surface area contributed by atoms with E-state index in [0.717, 1.165) is 11.9 Å². The van der Waals surface area contributed by atoms with Crippen molar-refractivity contribution in [2.45, 2.75) is 0 Å². The average Bonchev–Trinajstić information content (AvgIpc) is 2.17. The minimum Gasteiger partial charge on any atom is -0.614 e. The summed E-state index contributed by atoms with van der Waals surface area (Å²) in [6.45, 7) is 0. The largest absolute Gasteiger partial charge is 0.614 e. The Hall–Kier alpha value is -0.840. The zero-order valence-corrected chi connectivity index (χ0v) is 7.43. The van der Waals surface area contributed by atoms with Gasteiger partial charge in [-0.1, -0.05) is 18.2 Å². The Labute approximate surface area is 75.1 Å². The SMILES string of the molecule is CS[NH+]([O-])C(=O)c1ccccc1. The third-order valence-corrected chi connectivity index (χ3v) is 1.96. The summed E-state index contributed by atoms with van der Waals surface area (Å²) in [5.41, 5.74) is 0.455. The van der Waals surface area contributed by atoms with Crippen molar-refractivity contribution in [1.82, 2.24) is 0 Å². The molecule has 0 aliphatic heterocycles. The van der Waals surface area contributed by atoms with Gasteiger partial charge in [0.05, 0.1) is 17.5 Å². The highest BCUT2D eigenvalue weighted by Crippen LogP contribution is 1.96. The van der Waals surface area contributed by atoms with E-state index in [1.807, 2.05) is 0 Å². The summed E-state index contributed by atoms with van der Waals surface area (Å²) < 4.78 is -0.416. The van der Waals surface area contributed by atoms with Crippen LogP contribution in [0.4, 0.5) is 0 Å². The summed E-state index contributed by atoms with van der Waals surface area (Å²) in [6, 6.07) is 8.55. The minimum absolute atomic E-state index is 0.416. The third kappa shape index (κ3) is 2.07. The number of carbonyl (C=O) groups is 1. The van der Waals surface area contributed by atoms with E-state index in [9.17, 15) is 10.0 Å². The van der Waals surface area contributed by atoms with E-state index >= 15 is 0 Å². The van der Waals surface area contributed by atoms with Crippen LogP contribution in [0.1, 0.15) is 10.4 Å². The average molecular weight is 183 g/mol. The van der Waals surface area contributed by atoms with Crippen LogP contribution in [0.5, 0.6) is 0 Å². The highest BCUT2D eigenvalue weighted by molar-refractivity contribution is 7.92. The molecule has 0 aromatic heterocycles. The van der Waals surface area contributed by atoms with Crippen LogP contribution in [0.3, 0.4) is 0 Å². The van der Waals surface area contributed by atoms with Crippen LogP contribution in [0.15, 0.2) is 30.3 Å². The molecule has 4 heteroatoms. The van der Waals surface area contributed by atoms with Crippen LogP contribution in [0.2, 0.25) is 0 Å². The molecule has 0 saturated heterocycles. The maximum atomic E-state index is 11.2. The second-order valence-corrected chi connectivity index (χ2v) is 2.97. The van der Waals surface area contributed by atoms with Crippen molar-refractivity contribution in [2.75, 3.05) is 6.26 Å². The predicted molar refractivity (Wildman–Crippen MR) is 48.6 cm³/mol. The summed E-state index contributed by atoms with van der Waals surface area (Å²) in [5.74, 6) is -0.428. The first kappa shape index (κ1) is 9.25. The molecule has 1 amide bonds. The molecule has 1 aromatic rings. The monoisotopic (exact) mass is 183 g/mol. The molecule has 64 valence electrons. The van der Waals surface area contributed by atoms with E-state index in [2.05, 4.69) is 0 Å².